The number of halogens is 4. The quantitative estimate of drug-likeness (QED) is 0.758. The number of carbonyl (C=O) groups is 1. The van der Waals surface area contributed by atoms with Gasteiger partial charge in [-0.15, -0.1) is 0 Å². The van der Waals surface area contributed by atoms with E-state index < -0.39 is 17.8 Å². The molecule has 0 spiro atoms. The third-order valence-electron chi connectivity index (χ3n) is 5.13. The molecule has 1 heterocycles. The van der Waals surface area contributed by atoms with Gasteiger partial charge in [0.1, 0.15) is 5.82 Å². The molecule has 1 fully saturated rings. The Bertz CT molecular complexity index is 832. The number of hydrogen-bond acceptors (Lipinski definition) is 2. The first-order valence-corrected chi connectivity index (χ1v) is 8.85. The van der Waals surface area contributed by atoms with Crippen molar-refractivity contribution in [3.63, 3.8) is 0 Å². The number of rotatable bonds is 4. The summed E-state index contributed by atoms with van der Waals surface area (Å²) in [5, 5.41) is 2.51. The first-order chi connectivity index (χ1) is 13.1. The zero-order valence-electron chi connectivity index (χ0n) is 15.5. The Balaban J connectivity index is 1.54. The Labute approximate surface area is 160 Å². The minimum atomic E-state index is -4.46. The summed E-state index contributed by atoms with van der Waals surface area (Å²) in [6.45, 7) is 2.93. The van der Waals surface area contributed by atoms with Crippen LogP contribution in [0.15, 0.2) is 48.5 Å². The summed E-state index contributed by atoms with van der Waals surface area (Å²) in [5.74, 6) is -0.292. The van der Waals surface area contributed by atoms with E-state index in [0.717, 1.165) is 17.7 Å². The van der Waals surface area contributed by atoms with Crippen LogP contribution in [-0.2, 0) is 6.18 Å². The average molecular weight is 395 g/mol. The largest absolute Gasteiger partial charge is 0.416 e. The Hall–Kier alpha value is -2.61. The molecule has 28 heavy (non-hydrogen) atoms. The SMILES string of the molecule is CC(c1ccc(F)cc1)N(C)C1CN(C(=O)Nc2cccc(C(F)(F)F)c2)C1. The molecule has 4 nitrogen and oxygen atoms in total. The minimum Gasteiger partial charge on any atom is -0.321 e. The highest BCUT2D eigenvalue weighted by Gasteiger charge is 2.36. The van der Waals surface area contributed by atoms with E-state index in [-0.39, 0.29) is 23.6 Å². The number of alkyl halides is 3. The van der Waals surface area contributed by atoms with Gasteiger partial charge in [0.2, 0.25) is 0 Å². The van der Waals surface area contributed by atoms with Crippen LogP contribution in [0.5, 0.6) is 0 Å². The van der Waals surface area contributed by atoms with Crippen LogP contribution in [0.1, 0.15) is 24.1 Å². The lowest BCUT2D eigenvalue weighted by Gasteiger charge is -2.46. The van der Waals surface area contributed by atoms with Crippen LogP contribution >= 0.6 is 0 Å². The van der Waals surface area contributed by atoms with E-state index in [1.54, 1.807) is 17.0 Å². The number of likely N-dealkylation sites (N-methyl/N-ethyl adjacent to an activating group) is 1. The number of anilines is 1. The second-order valence-electron chi connectivity index (χ2n) is 6.96. The maximum atomic E-state index is 13.1. The van der Waals surface area contributed by atoms with Crippen molar-refractivity contribution in [2.75, 3.05) is 25.5 Å². The molecule has 0 bridgehead atoms. The van der Waals surface area contributed by atoms with Crippen LogP contribution < -0.4 is 5.32 Å². The molecule has 2 aromatic rings. The number of benzene rings is 2. The highest BCUT2D eigenvalue weighted by Crippen LogP contribution is 2.31. The second-order valence-corrected chi connectivity index (χ2v) is 6.96. The fourth-order valence-electron chi connectivity index (χ4n) is 3.15. The van der Waals surface area contributed by atoms with Crippen LogP contribution in [-0.4, -0.2) is 42.0 Å². The predicted molar refractivity (Wildman–Crippen MR) is 98.4 cm³/mol. The van der Waals surface area contributed by atoms with E-state index in [9.17, 15) is 22.4 Å². The fourth-order valence-corrected chi connectivity index (χ4v) is 3.15. The van der Waals surface area contributed by atoms with E-state index in [2.05, 4.69) is 10.2 Å². The number of nitrogens with one attached hydrogen (secondary N) is 1. The highest BCUT2D eigenvalue weighted by molar-refractivity contribution is 5.90. The van der Waals surface area contributed by atoms with Crippen LogP contribution in [0.25, 0.3) is 0 Å². The summed E-state index contributed by atoms with van der Waals surface area (Å²) in [7, 11) is 1.93. The standard InChI is InChI=1S/C20H21F4N3O/c1-13(14-6-8-16(21)9-7-14)26(2)18-11-27(12-18)19(28)25-17-5-3-4-15(10-17)20(22,23)24/h3-10,13,18H,11-12H2,1-2H3,(H,25,28). The Morgan fingerprint density at radius 3 is 2.43 bits per heavy atom. The lowest BCUT2D eigenvalue weighted by Crippen LogP contribution is -2.61. The average Bonchev–Trinajstić information content (AvgIpc) is 2.60. The summed E-state index contributed by atoms with van der Waals surface area (Å²) in [5.41, 5.74) is 0.270. The first kappa shape index (κ1) is 20.1. The summed E-state index contributed by atoms with van der Waals surface area (Å²) in [4.78, 5) is 15.9. The molecule has 1 atom stereocenters. The Morgan fingerprint density at radius 2 is 1.82 bits per heavy atom. The number of hydrogen-bond donors (Lipinski definition) is 1. The van der Waals surface area contributed by atoms with Crippen molar-refractivity contribution in [1.29, 1.82) is 0 Å². The number of likely N-dealkylation sites (tertiary alicyclic amines) is 1. The van der Waals surface area contributed by atoms with Gasteiger partial charge in [-0.2, -0.15) is 13.2 Å². The molecule has 0 saturated carbocycles. The number of amides is 2. The second kappa shape index (κ2) is 7.79. The number of nitrogens with zero attached hydrogens (tertiary/aromatic N) is 2. The Morgan fingerprint density at radius 1 is 1.18 bits per heavy atom. The molecular weight excluding hydrogens is 374 g/mol. The van der Waals surface area contributed by atoms with Crippen LogP contribution in [0, 0.1) is 5.82 Å². The summed E-state index contributed by atoms with van der Waals surface area (Å²) >= 11 is 0. The van der Waals surface area contributed by atoms with Gasteiger partial charge >= 0.3 is 12.2 Å². The van der Waals surface area contributed by atoms with Crippen LogP contribution in [0.4, 0.5) is 28.0 Å². The highest BCUT2D eigenvalue weighted by atomic mass is 19.4. The van der Waals surface area contributed by atoms with E-state index in [1.165, 1.54) is 24.3 Å². The molecule has 0 aliphatic carbocycles. The van der Waals surface area contributed by atoms with Gasteiger partial charge in [-0.3, -0.25) is 4.90 Å². The van der Waals surface area contributed by atoms with Gasteiger partial charge in [0.15, 0.2) is 0 Å². The smallest absolute Gasteiger partial charge is 0.321 e. The third kappa shape index (κ3) is 4.44. The third-order valence-corrected chi connectivity index (χ3v) is 5.13. The molecular formula is C20H21F4N3O. The maximum absolute atomic E-state index is 13.1. The van der Waals surface area contributed by atoms with Gasteiger partial charge in [-0.1, -0.05) is 18.2 Å². The summed E-state index contributed by atoms with van der Waals surface area (Å²) in [6, 6.07) is 10.6. The Kier molecular flexibility index (Phi) is 5.60. The van der Waals surface area contributed by atoms with Gasteiger partial charge < -0.3 is 10.2 Å². The number of urea groups is 1. The number of carbonyl (C=O) groups excluding carboxylic acids is 1. The lowest BCUT2D eigenvalue weighted by molar-refractivity contribution is -0.137. The van der Waals surface area contributed by atoms with E-state index >= 15 is 0 Å². The molecule has 2 amide bonds. The van der Waals surface area contributed by atoms with Crippen molar-refractivity contribution < 1.29 is 22.4 Å². The molecule has 3 rings (SSSR count). The zero-order valence-corrected chi connectivity index (χ0v) is 15.5. The van der Waals surface area contributed by atoms with E-state index in [4.69, 9.17) is 0 Å². The topological polar surface area (TPSA) is 35.6 Å². The van der Waals surface area contributed by atoms with Gasteiger partial charge in [-0.05, 0) is 49.9 Å². The fraction of sp³-hybridized carbons (Fsp3) is 0.350. The molecule has 1 saturated heterocycles. The molecule has 1 aliphatic rings. The molecule has 1 unspecified atom stereocenters. The van der Waals surface area contributed by atoms with E-state index in [0.29, 0.717) is 13.1 Å². The van der Waals surface area contributed by atoms with Gasteiger partial charge in [0, 0.05) is 30.9 Å². The first-order valence-electron chi connectivity index (χ1n) is 8.85. The van der Waals surface area contributed by atoms with Crippen LogP contribution in [0.3, 0.4) is 0 Å². The summed E-state index contributed by atoms with van der Waals surface area (Å²) < 4.78 is 51.4. The van der Waals surface area contributed by atoms with Crippen molar-refractivity contribution in [1.82, 2.24) is 9.80 Å². The normalized spacial score (nSPS) is 16.0. The molecule has 1 aliphatic heterocycles. The molecule has 8 heteroatoms. The molecule has 150 valence electrons. The lowest BCUT2D eigenvalue weighted by atomic mass is 10.0. The van der Waals surface area contributed by atoms with Crippen molar-refractivity contribution >= 4 is 11.7 Å². The van der Waals surface area contributed by atoms with Crippen molar-refractivity contribution in [2.24, 2.45) is 0 Å². The van der Waals surface area contributed by atoms with Crippen molar-refractivity contribution in [3.05, 3.63) is 65.5 Å². The monoisotopic (exact) mass is 395 g/mol. The minimum absolute atomic E-state index is 0.0410. The summed E-state index contributed by atoms with van der Waals surface area (Å²) in [6.07, 6.45) is -4.46. The molecule has 0 aromatic heterocycles. The van der Waals surface area contributed by atoms with Gasteiger partial charge in [0.25, 0.3) is 0 Å². The zero-order chi connectivity index (χ0) is 20.5. The van der Waals surface area contributed by atoms with Crippen molar-refractivity contribution in [3.8, 4) is 0 Å². The van der Waals surface area contributed by atoms with Gasteiger partial charge in [0.05, 0.1) is 5.56 Å². The maximum Gasteiger partial charge on any atom is 0.416 e. The molecule has 0 radical (unpaired) electrons. The molecule has 1 N–H and O–H groups in total. The predicted octanol–water partition coefficient (Wildman–Crippen LogP) is 4.75. The van der Waals surface area contributed by atoms with E-state index in [1.807, 2.05) is 14.0 Å². The van der Waals surface area contributed by atoms with Crippen LogP contribution in [0.2, 0.25) is 0 Å². The molecule has 2 aromatic carbocycles. The van der Waals surface area contributed by atoms with Gasteiger partial charge in [-0.25, -0.2) is 9.18 Å². The van der Waals surface area contributed by atoms with Crippen molar-refractivity contribution in [2.45, 2.75) is 25.2 Å².